The van der Waals surface area contributed by atoms with Gasteiger partial charge in [0.1, 0.15) is 5.60 Å². The molecule has 1 unspecified atom stereocenters. The van der Waals surface area contributed by atoms with Gasteiger partial charge in [0.25, 0.3) is 0 Å². The molecule has 1 aliphatic heterocycles. The summed E-state index contributed by atoms with van der Waals surface area (Å²) in [6.07, 6.45) is 3.63. The van der Waals surface area contributed by atoms with Gasteiger partial charge < -0.3 is 15.7 Å². The zero-order chi connectivity index (χ0) is 13.0. The Morgan fingerprint density at radius 1 is 1.47 bits per heavy atom. The maximum Gasteiger partial charge on any atom is 0.191 e. The first-order valence-corrected chi connectivity index (χ1v) is 7.29. The van der Waals surface area contributed by atoms with Crippen LogP contribution < -0.4 is 5.73 Å². The standard InChI is InChI=1S/C13H21N3OS.HI/c1-13(17,11-6-5-9-18-11)10-15-12(14)16-7-3-2-4-8-16;/h5-6,9,17H,2-4,7-8,10H2,1H3,(H2,14,15);1H. The van der Waals surface area contributed by atoms with Crippen LogP contribution in [0.25, 0.3) is 0 Å². The Balaban J connectivity index is 0.00000180. The molecular weight excluding hydrogens is 373 g/mol. The molecule has 0 aliphatic carbocycles. The van der Waals surface area contributed by atoms with Gasteiger partial charge in [-0.25, -0.2) is 4.99 Å². The molecule has 6 heteroatoms. The van der Waals surface area contributed by atoms with Crippen molar-refractivity contribution in [3.05, 3.63) is 22.4 Å². The van der Waals surface area contributed by atoms with Crippen LogP contribution in [-0.4, -0.2) is 35.6 Å². The average Bonchev–Trinajstić information content (AvgIpc) is 2.92. The lowest BCUT2D eigenvalue weighted by Crippen LogP contribution is -2.41. The van der Waals surface area contributed by atoms with Gasteiger partial charge in [-0.05, 0) is 37.6 Å². The summed E-state index contributed by atoms with van der Waals surface area (Å²) in [4.78, 5) is 7.39. The van der Waals surface area contributed by atoms with Crippen LogP contribution in [0, 0.1) is 0 Å². The van der Waals surface area contributed by atoms with Gasteiger partial charge in [0.15, 0.2) is 5.96 Å². The van der Waals surface area contributed by atoms with E-state index >= 15 is 0 Å². The third-order valence-corrected chi connectivity index (χ3v) is 4.40. The quantitative estimate of drug-likeness (QED) is 0.469. The normalized spacial score (nSPS) is 19.7. The average molecular weight is 395 g/mol. The minimum Gasteiger partial charge on any atom is -0.383 e. The first-order valence-electron chi connectivity index (χ1n) is 6.41. The topological polar surface area (TPSA) is 61.9 Å². The number of aliphatic imine (C=N–C) groups is 1. The maximum atomic E-state index is 10.4. The molecule has 0 aromatic carbocycles. The molecule has 1 saturated heterocycles. The Hall–Kier alpha value is -0.340. The van der Waals surface area contributed by atoms with Crippen LogP contribution in [0.5, 0.6) is 0 Å². The SMILES string of the molecule is CC(O)(CN=C(N)N1CCCCC1)c1cccs1.I. The smallest absolute Gasteiger partial charge is 0.191 e. The van der Waals surface area contributed by atoms with E-state index in [1.165, 1.54) is 19.3 Å². The number of piperidine rings is 1. The predicted molar refractivity (Wildman–Crippen MR) is 91.2 cm³/mol. The van der Waals surface area contributed by atoms with Crippen molar-refractivity contribution in [3.63, 3.8) is 0 Å². The lowest BCUT2D eigenvalue weighted by Gasteiger charge is -2.28. The Labute approximate surface area is 135 Å². The Morgan fingerprint density at radius 2 is 2.16 bits per heavy atom. The van der Waals surface area contributed by atoms with Gasteiger partial charge in [0.05, 0.1) is 6.54 Å². The van der Waals surface area contributed by atoms with Gasteiger partial charge in [-0.15, -0.1) is 35.3 Å². The minimum atomic E-state index is -0.922. The molecule has 108 valence electrons. The second-order valence-electron chi connectivity index (χ2n) is 4.97. The molecule has 0 spiro atoms. The number of halogens is 1. The van der Waals surface area contributed by atoms with Crippen LogP contribution in [-0.2, 0) is 5.60 Å². The molecule has 2 rings (SSSR count). The minimum absolute atomic E-state index is 0. The summed E-state index contributed by atoms with van der Waals surface area (Å²) in [7, 11) is 0. The third kappa shape index (κ3) is 4.61. The number of aliphatic hydroxyl groups is 1. The number of nitrogens with zero attached hydrogens (tertiary/aromatic N) is 2. The van der Waals surface area contributed by atoms with Gasteiger partial charge in [-0.3, -0.25) is 0 Å². The van der Waals surface area contributed by atoms with Crippen LogP contribution >= 0.6 is 35.3 Å². The molecule has 1 aromatic heterocycles. The fourth-order valence-electron chi connectivity index (χ4n) is 2.12. The first kappa shape index (κ1) is 16.7. The zero-order valence-corrected chi connectivity index (χ0v) is 14.4. The zero-order valence-electron chi connectivity index (χ0n) is 11.2. The summed E-state index contributed by atoms with van der Waals surface area (Å²) in [6, 6.07) is 3.86. The van der Waals surface area contributed by atoms with Crippen LogP contribution in [0.3, 0.4) is 0 Å². The molecule has 1 aliphatic rings. The van der Waals surface area contributed by atoms with Gasteiger partial charge >= 0.3 is 0 Å². The van der Waals surface area contributed by atoms with E-state index in [0.29, 0.717) is 12.5 Å². The summed E-state index contributed by atoms with van der Waals surface area (Å²) in [5, 5.41) is 12.3. The number of nitrogens with two attached hydrogens (primary N) is 1. The molecule has 4 nitrogen and oxygen atoms in total. The summed E-state index contributed by atoms with van der Waals surface area (Å²) in [5.41, 5.74) is 5.06. The van der Waals surface area contributed by atoms with E-state index in [2.05, 4.69) is 9.89 Å². The molecule has 1 fully saturated rings. The Kier molecular flexibility index (Phi) is 6.55. The van der Waals surface area contributed by atoms with E-state index in [4.69, 9.17) is 5.73 Å². The fourth-order valence-corrected chi connectivity index (χ4v) is 2.90. The van der Waals surface area contributed by atoms with Crippen LogP contribution in [0.4, 0.5) is 0 Å². The lowest BCUT2D eigenvalue weighted by atomic mass is 10.1. The van der Waals surface area contributed by atoms with E-state index in [-0.39, 0.29) is 24.0 Å². The highest BCUT2D eigenvalue weighted by Gasteiger charge is 2.24. The Bertz CT molecular complexity index is 400. The molecule has 0 amide bonds. The van der Waals surface area contributed by atoms with Crippen molar-refractivity contribution < 1.29 is 5.11 Å². The van der Waals surface area contributed by atoms with Crippen molar-refractivity contribution in [3.8, 4) is 0 Å². The van der Waals surface area contributed by atoms with Gasteiger partial charge in [0.2, 0.25) is 0 Å². The second kappa shape index (κ2) is 7.44. The number of thiophene rings is 1. The molecular formula is C13H22IN3OS. The molecule has 1 atom stereocenters. The summed E-state index contributed by atoms with van der Waals surface area (Å²) in [6.45, 7) is 4.06. The van der Waals surface area contributed by atoms with Gasteiger partial charge in [-0.1, -0.05) is 6.07 Å². The van der Waals surface area contributed by atoms with E-state index < -0.39 is 5.60 Å². The fraction of sp³-hybridized carbons (Fsp3) is 0.615. The van der Waals surface area contributed by atoms with Crippen molar-refractivity contribution in [1.29, 1.82) is 0 Å². The highest BCUT2D eigenvalue weighted by Crippen LogP contribution is 2.25. The monoisotopic (exact) mass is 395 g/mol. The van der Waals surface area contributed by atoms with Gasteiger partial charge in [0, 0.05) is 18.0 Å². The molecule has 19 heavy (non-hydrogen) atoms. The molecule has 2 heterocycles. The number of likely N-dealkylation sites (tertiary alicyclic amines) is 1. The molecule has 0 bridgehead atoms. The number of hydrogen-bond acceptors (Lipinski definition) is 3. The molecule has 3 N–H and O–H groups in total. The van der Waals surface area contributed by atoms with Crippen LogP contribution in [0.2, 0.25) is 0 Å². The second-order valence-corrected chi connectivity index (χ2v) is 5.92. The number of guanidine groups is 1. The van der Waals surface area contributed by atoms with Crippen LogP contribution in [0.15, 0.2) is 22.5 Å². The predicted octanol–water partition coefficient (Wildman–Crippen LogP) is 2.37. The first-order chi connectivity index (χ1) is 8.59. The van der Waals surface area contributed by atoms with E-state index in [9.17, 15) is 5.11 Å². The van der Waals surface area contributed by atoms with E-state index in [1.54, 1.807) is 18.3 Å². The number of hydrogen-bond donors (Lipinski definition) is 2. The van der Waals surface area contributed by atoms with Crippen molar-refractivity contribution >= 4 is 41.3 Å². The highest BCUT2D eigenvalue weighted by molar-refractivity contribution is 14.0. The van der Waals surface area contributed by atoms with E-state index in [1.807, 2.05) is 17.5 Å². The van der Waals surface area contributed by atoms with E-state index in [0.717, 1.165) is 18.0 Å². The van der Waals surface area contributed by atoms with Crippen molar-refractivity contribution in [1.82, 2.24) is 4.90 Å². The molecule has 0 radical (unpaired) electrons. The molecule has 0 saturated carbocycles. The van der Waals surface area contributed by atoms with Crippen molar-refractivity contribution in [2.24, 2.45) is 10.7 Å². The van der Waals surface area contributed by atoms with Gasteiger partial charge in [-0.2, -0.15) is 0 Å². The molecule has 1 aromatic rings. The van der Waals surface area contributed by atoms with Crippen LogP contribution in [0.1, 0.15) is 31.1 Å². The highest BCUT2D eigenvalue weighted by atomic mass is 127. The summed E-state index contributed by atoms with van der Waals surface area (Å²) in [5.74, 6) is 0.562. The summed E-state index contributed by atoms with van der Waals surface area (Å²) >= 11 is 1.54. The van der Waals surface area contributed by atoms with Crippen molar-refractivity contribution in [2.45, 2.75) is 31.8 Å². The largest absolute Gasteiger partial charge is 0.383 e. The lowest BCUT2D eigenvalue weighted by molar-refractivity contribution is 0.0709. The Morgan fingerprint density at radius 3 is 2.74 bits per heavy atom. The summed E-state index contributed by atoms with van der Waals surface area (Å²) < 4.78 is 0. The third-order valence-electron chi connectivity index (χ3n) is 3.28. The maximum absolute atomic E-state index is 10.4. The number of rotatable bonds is 3. The van der Waals surface area contributed by atoms with Crippen molar-refractivity contribution in [2.75, 3.05) is 19.6 Å².